The van der Waals surface area contributed by atoms with Crippen LogP contribution in [0.25, 0.3) is 38.2 Å². The molecule has 4 aromatic heterocycles. The molecular weight excluding hydrogens is 912 g/mol. The molecule has 0 unspecified atom stereocenters. The van der Waals surface area contributed by atoms with Gasteiger partial charge in [-0.25, -0.2) is 15.0 Å². The van der Waals surface area contributed by atoms with E-state index in [4.69, 9.17) is 15.0 Å². The van der Waals surface area contributed by atoms with E-state index in [0.717, 1.165) is 83.3 Å². The van der Waals surface area contributed by atoms with Crippen molar-refractivity contribution in [3.8, 4) is 5.82 Å². The number of anilines is 4. The molecular formula is C50H37N6PtS-3. The van der Waals surface area contributed by atoms with E-state index in [-0.39, 0.29) is 26.5 Å². The number of rotatable bonds is 7. The molecule has 0 radical (unpaired) electrons. The van der Waals surface area contributed by atoms with Crippen LogP contribution in [0.2, 0.25) is 0 Å². The third-order valence-electron chi connectivity index (χ3n) is 10.5. The van der Waals surface area contributed by atoms with Gasteiger partial charge >= 0.3 is 0 Å². The molecule has 0 N–H and O–H groups in total. The summed E-state index contributed by atoms with van der Waals surface area (Å²) in [5, 5.41) is 1.09. The van der Waals surface area contributed by atoms with Crippen molar-refractivity contribution < 1.29 is 21.1 Å². The predicted molar refractivity (Wildman–Crippen MR) is 234 cm³/mol. The zero-order valence-electron chi connectivity index (χ0n) is 32.1. The minimum absolute atomic E-state index is 0. The average molecular weight is 949 g/mol. The number of para-hydroxylation sites is 1. The van der Waals surface area contributed by atoms with Crippen LogP contribution in [-0.2, 0) is 26.5 Å². The third-order valence-corrected chi connectivity index (χ3v) is 11.3. The van der Waals surface area contributed by atoms with Gasteiger partial charge in [-0.15, -0.1) is 77.2 Å². The summed E-state index contributed by atoms with van der Waals surface area (Å²) in [6.45, 7) is 8.79. The molecule has 5 aromatic carbocycles. The van der Waals surface area contributed by atoms with Crippen molar-refractivity contribution in [2.24, 2.45) is 0 Å². The Bertz CT molecular complexity index is 2890. The first-order chi connectivity index (χ1) is 27.9. The molecule has 0 aliphatic carbocycles. The van der Waals surface area contributed by atoms with E-state index in [1.165, 1.54) is 5.56 Å². The van der Waals surface area contributed by atoms with E-state index in [1.54, 1.807) is 11.3 Å². The summed E-state index contributed by atoms with van der Waals surface area (Å²) in [6.07, 6.45) is 3.75. The molecule has 9 aromatic rings. The molecule has 286 valence electrons. The number of nitrogens with zero attached hydrogens (tertiary/aromatic N) is 6. The van der Waals surface area contributed by atoms with Gasteiger partial charge in [0, 0.05) is 43.8 Å². The Morgan fingerprint density at radius 2 is 1.34 bits per heavy atom. The second-order valence-electron chi connectivity index (χ2n) is 15.1. The van der Waals surface area contributed by atoms with Crippen LogP contribution in [0.5, 0.6) is 0 Å². The second kappa shape index (κ2) is 15.3. The van der Waals surface area contributed by atoms with Crippen molar-refractivity contribution >= 4 is 66.6 Å². The molecule has 0 spiro atoms. The van der Waals surface area contributed by atoms with Crippen LogP contribution >= 0.6 is 11.3 Å². The molecule has 5 heterocycles. The quantitative estimate of drug-likeness (QED) is 0.118. The van der Waals surface area contributed by atoms with Gasteiger partial charge in [-0.05, 0) is 69.6 Å². The first-order valence-corrected chi connectivity index (χ1v) is 19.9. The number of pyridine rings is 2. The summed E-state index contributed by atoms with van der Waals surface area (Å²) in [5.41, 5.74) is 14.0. The zero-order valence-corrected chi connectivity index (χ0v) is 35.2. The molecule has 1 aliphatic heterocycles. The van der Waals surface area contributed by atoms with Gasteiger partial charge in [0.15, 0.2) is 0 Å². The van der Waals surface area contributed by atoms with E-state index in [1.807, 2.05) is 30.0 Å². The summed E-state index contributed by atoms with van der Waals surface area (Å²) >= 11 is 1.64. The number of benzene rings is 5. The van der Waals surface area contributed by atoms with Crippen LogP contribution in [0, 0.1) is 18.8 Å². The van der Waals surface area contributed by atoms with E-state index in [0.29, 0.717) is 0 Å². The topological polar surface area (TPSA) is 50.1 Å². The Labute approximate surface area is 357 Å². The summed E-state index contributed by atoms with van der Waals surface area (Å²) in [4.78, 5) is 19.0. The van der Waals surface area contributed by atoms with Gasteiger partial charge < -0.3 is 9.80 Å². The molecule has 0 saturated heterocycles. The van der Waals surface area contributed by atoms with E-state index >= 15 is 0 Å². The van der Waals surface area contributed by atoms with Crippen LogP contribution in [0.4, 0.5) is 22.9 Å². The second-order valence-corrected chi connectivity index (χ2v) is 16.0. The predicted octanol–water partition coefficient (Wildman–Crippen LogP) is 12.3. The minimum Gasteiger partial charge on any atom is -0.473 e. The molecule has 58 heavy (non-hydrogen) atoms. The van der Waals surface area contributed by atoms with Crippen LogP contribution in [-0.4, -0.2) is 19.5 Å². The maximum absolute atomic E-state index is 4.91. The summed E-state index contributed by atoms with van der Waals surface area (Å²) in [5.74, 6) is 1.67. The van der Waals surface area contributed by atoms with Crippen molar-refractivity contribution in [1.82, 2.24) is 19.5 Å². The Kier molecular flexibility index (Phi) is 9.88. The molecule has 10 rings (SSSR count). The van der Waals surface area contributed by atoms with Crippen LogP contribution in [0.3, 0.4) is 0 Å². The smallest absolute Gasteiger partial charge is 0.146 e. The SMILES string of the molecule is CC(C)(C)c1ccnc(-n2c3[c-]c(C(=C(c4ccccc4)c4ccccc4)c4[c-]c(N5[CH-]N(c6ccccc6)c6cccnc65)ccc4)ccc3c3scnc32)c1.[Pt]. The summed E-state index contributed by atoms with van der Waals surface area (Å²) in [7, 11) is 0. The maximum Gasteiger partial charge on any atom is 0.146 e. The van der Waals surface area contributed by atoms with Gasteiger partial charge in [0.1, 0.15) is 17.3 Å². The Hall–Kier alpha value is -6.14. The van der Waals surface area contributed by atoms with Crippen molar-refractivity contribution in [1.29, 1.82) is 0 Å². The summed E-state index contributed by atoms with van der Waals surface area (Å²) < 4.78 is 3.28. The van der Waals surface area contributed by atoms with Crippen molar-refractivity contribution in [3.63, 3.8) is 0 Å². The Morgan fingerprint density at radius 3 is 2.07 bits per heavy atom. The van der Waals surface area contributed by atoms with E-state index in [9.17, 15) is 0 Å². The van der Waals surface area contributed by atoms with Crippen molar-refractivity contribution in [2.75, 3.05) is 9.80 Å². The molecule has 0 atom stereocenters. The standard InChI is InChI=1S/C50H37N6S.Pt/c1-50(2,3)38-26-28-51-44(31-38)56-43-30-37(24-25-41(43)47-49(56)53-32-57-47)46(45(34-15-7-4-8-16-34)35-17-9-5-10-18-35)36-19-13-22-40(29-36)55-33-54(39-20-11-6-12-21-39)42-23-14-27-52-48(42)55;/h4-28,31-33H,1-3H3;/q-3;. The normalized spacial score (nSPS) is 12.5. The number of thiazole rings is 1. The molecule has 1 aliphatic rings. The fourth-order valence-corrected chi connectivity index (χ4v) is 8.49. The number of hydrogen-bond donors (Lipinski definition) is 0. The summed E-state index contributed by atoms with van der Waals surface area (Å²) in [6, 6.07) is 58.6. The molecule has 0 saturated carbocycles. The van der Waals surface area contributed by atoms with E-state index < -0.39 is 0 Å². The van der Waals surface area contributed by atoms with Gasteiger partial charge in [0.2, 0.25) is 0 Å². The fraction of sp³-hybridized carbons (Fsp3) is 0.0800. The van der Waals surface area contributed by atoms with E-state index in [2.05, 4.69) is 187 Å². The molecule has 0 bridgehead atoms. The van der Waals surface area contributed by atoms with Crippen LogP contribution in [0.1, 0.15) is 48.6 Å². The maximum atomic E-state index is 4.91. The molecule has 8 heteroatoms. The molecule has 6 nitrogen and oxygen atoms in total. The Morgan fingerprint density at radius 1 is 0.638 bits per heavy atom. The molecule has 0 amide bonds. The first-order valence-electron chi connectivity index (χ1n) is 19.0. The number of hydrogen-bond acceptors (Lipinski definition) is 6. The van der Waals surface area contributed by atoms with Gasteiger partial charge in [0.25, 0.3) is 0 Å². The minimum atomic E-state index is -0.0470. The average Bonchev–Trinajstić information content (AvgIpc) is 3.97. The molecule has 0 fully saturated rings. The fourth-order valence-electron chi connectivity index (χ4n) is 7.69. The van der Waals surface area contributed by atoms with Crippen LogP contribution in [0.15, 0.2) is 163 Å². The van der Waals surface area contributed by atoms with Gasteiger partial charge in [-0.2, -0.15) is 0 Å². The van der Waals surface area contributed by atoms with Crippen molar-refractivity contribution in [2.45, 2.75) is 26.2 Å². The third kappa shape index (κ3) is 6.64. The zero-order chi connectivity index (χ0) is 38.5. The van der Waals surface area contributed by atoms with Crippen LogP contribution < -0.4 is 9.80 Å². The monoisotopic (exact) mass is 948 g/mol. The van der Waals surface area contributed by atoms with Crippen molar-refractivity contribution in [3.05, 3.63) is 210 Å². The largest absolute Gasteiger partial charge is 0.473 e. The van der Waals surface area contributed by atoms with Gasteiger partial charge in [-0.1, -0.05) is 111 Å². The first kappa shape index (κ1) is 37.4. The van der Waals surface area contributed by atoms with Gasteiger partial charge in [-0.3, -0.25) is 4.57 Å². The number of aromatic nitrogens is 4. The van der Waals surface area contributed by atoms with Gasteiger partial charge in [0.05, 0.1) is 11.2 Å². The number of fused-ring (bicyclic) bond motifs is 4. The Balaban J connectivity index is 0.00000436.